The molecule has 1 heterocycles. The van der Waals surface area contributed by atoms with Crippen LogP contribution in [0.1, 0.15) is 12.8 Å². The van der Waals surface area contributed by atoms with E-state index in [0.29, 0.717) is 5.11 Å². The number of hydrogen-bond donors (Lipinski definition) is 2. The van der Waals surface area contributed by atoms with Gasteiger partial charge in [0.05, 0.1) is 0 Å². The predicted octanol–water partition coefficient (Wildman–Crippen LogP) is 0.895. The molecule has 0 bridgehead atoms. The molecular weight excluding hydrogens is 240 g/mol. The molecule has 0 spiro atoms. The largest absolute Gasteiger partial charge is 0.362 e. The molecule has 2 N–H and O–H groups in total. The molecule has 0 fully saturated rings. The lowest BCUT2D eigenvalue weighted by Gasteiger charge is -2.15. The zero-order chi connectivity index (χ0) is 11.8. The molecule has 1 aliphatic heterocycles. The molecule has 1 rings (SSSR count). The van der Waals surface area contributed by atoms with Crippen LogP contribution in [0.2, 0.25) is 0 Å². The van der Waals surface area contributed by atoms with Gasteiger partial charge in [0.25, 0.3) is 0 Å². The van der Waals surface area contributed by atoms with Crippen LogP contribution in [0.3, 0.4) is 0 Å². The Morgan fingerprint density at radius 1 is 1.56 bits per heavy atom. The highest BCUT2D eigenvalue weighted by molar-refractivity contribution is 8.14. The van der Waals surface area contributed by atoms with Crippen LogP contribution in [0.4, 0.5) is 0 Å². The van der Waals surface area contributed by atoms with Crippen LogP contribution < -0.4 is 10.6 Å². The van der Waals surface area contributed by atoms with Crippen molar-refractivity contribution in [1.29, 1.82) is 0 Å². The maximum atomic E-state index is 5.18. The predicted molar refractivity (Wildman–Crippen MR) is 76.3 cm³/mol. The standard InChI is InChI=1S/C10H20N4S2/c1-14(2)7-3-5-11-9(15)13-10-12-6-4-8-16-10/h3-8H2,1-2H3,(H2,11,12,13,15). The summed E-state index contributed by atoms with van der Waals surface area (Å²) < 4.78 is 0. The smallest absolute Gasteiger partial charge is 0.172 e. The van der Waals surface area contributed by atoms with E-state index in [1.165, 1.54) is 6.42 Å². The highest BCUT2D eigenvalue weighted by Gasteiger charge is 2.06. The van der Waals surface area contributed by atoms with Gasteiger partial charge in [-0.2, -0.15) is 0 Å². The highest BCUT2D eigenvalue weighted by atomic mass is 32.2. The van der Waals surface area contributed by atoms with E-state index < -0.39 is 0 Å². The van der Waals surface area contributed by atoms with Gasteiger partial charge < -0.3 is 15.5 Å². The lowest BCUT2D eigenvalue weighted by molar-refractivity contribution is 0.400. The van der Waals surface area contributed by atoms with Crippen LogP contribution in [-0.2, 0) is 0 Å². The summed E-state index contributed by atoms with van der Waals surface area (Å²) in [6.45, 7) is 2.89. The second-order valence-corrected chi connectivity index (χ2v) is 5.42. The minimum absolute atomic E-state index is 0.687. The molecule has 4 nitrogen and oxygen atoms in total. The Kier molecular flexibility index (Phi) is 6.75. The summed E-state index contributed by atoms with van der Waals surface area (Å²) >= 11 is 6.92. The van der Waals surface area contributed by atoms with Crippen molar-refractivity contribution in [1.82, 2.24) is 15.5 Å². The van der Waals surface area contributed by atoms with Gasteiger partial charge in [0, 0.05) is 18.8 Å². The molecule has 0 amide bonds. The van der Waals surface area contributed by atoms with E-state index in [2.05, 4.69) is 34.6 Å². The molecule has 1 aliphatic rings. The maximum absolute atomic E-state index is 5.18. The molecule has 0 aromatic rings. The van der Waals surface area contributed by atoms with Crippen LogP contribution in [0, 0.1) is 0 Å². The molecule has 0 saturated carbocycles. The van der Waals surface area contributed by atoms with E-state index in [1.54, 1.807) is 11.8 Å². The number of thioether (sulfide) groups is 1. The molecule has 16 heavy (non-hydrogen) atoms. The van der Waals surface area contributed by atoms with Gasteiger partial charge in [-0.15, -0.1) is 0 Å². The second kappa shape index (κ2) is 7.86. The fourth-order valence-electron chi connectivity index (χ4n) is 1.27. The summed E-state index contributed by atoms with van der Waals surface area (Å²) in [5, 5.41) is 7.95. The second-order valence-electron chi connectivity index (χ2n) is 3.93. The third-order valence-corrected chi connectivity index (χ3v) is 3.33. The first-order valence-electron chi connectivity index (χ1n) is 5.55. The Bertz CT molecular complexity index is 253. The average molecular weight is 260 g/mol. The average Bonchev–Trinajstić information content (AvgIpc) is 2.25. The van der Waals surface area contributed by atoms with Crippen LogP contribution in [0.5, 0.6) is 0 Å². The van der Waals surface area contributed by atoms with Crippen molar-refractivity contribution in [3.63, 3.8) is 0 Å². The van der Waals surface area contributed by atoms with Gasteiger partial charge in [-0.25, -0.2) is 0 Å². The first-order chi connectivity index (χ1) is 7.68. The van der Waals surface area contributed by atoms with Crippen molar-refractivity contribution < 1.29 is 0 Å². The lowest BCUT2D eigenvalue weighted by atomic mass is 10.4. The third-order valence-electron chi connectivity index (χ3n) is 2.08. The van der Waals surface area contributed by atoms with Gasteiger partial charge in [-0.1, -0.05) is 11.8 Å². The zero-order valence-corrected chi connectivity index (χ0v) is 11.6. The van der Waals surface area contributed by atoms with E-state index >= 15 is 0 Å². The number of thiocarbonyl (C=S) groups is 1. The summed E-state index contributed by atoms with van der Waals surface area (Å²) in [6, 6.07) is 0. The Labute approximate surface area is 107 Å². The van der Waals surface area contributed by atoms with Gasteiger partial charge in [-0.05, 0) is 45.7 Å². The maximum Gasteiger partial charge on any atom is 0.172 e. The molecular formula is C10H20N4S2. The molecule has 92 valence electrons. The van der Waals surface area contributed by atoms with Crippen molar-refractivity contribution in [2.75, 3.05) is 39.5 Å². The summed E-state index contributed by atoms with van der Waals surface area (Å²) in [5.41, 5.74) is 0. The van der Waals surface area contributed by atoms with E-state index in [1.807, 2.05) is 0 Å². The quantitative estimate of drug-likeness (QED) is 0.580. The van der Waals surface area contributed by atoms with Gasteiger partial charge in [-0.3, -0.25) is 4.99 Å². The Morgan fingerprint density at radius 3 is 3.00 bits per heavy atom. The van der Waals surface area contributed by atoms with E-state index in [4.69, 9.17) is 12.2 Å². The van der Waals surface area contributed by atoms with Crippen molar-refractivity contribution in [3.05, 3.63) is 0 Å². The number of hydrogen-bond acceptors (Lipinski definition) is 4. The molecule has 6 heteroatoms. The highest BCUT2D eigenvalue weighted by Crippen LogP contribution is 2.09. The zero-order valence-electron chi connectivity index (χ0n) is 9.95. The number of amidine groups is 1. The topological polar surface area (TPSA) is 39.7 Å². The monoisotopic (exact) mass is 260 g/mol. The van der Waals surface area contributed by atoms with Crippen molar-refractivity contribution in [2.45, 2.75) is 12.8 Å². The minimum atomic E-state index is 0.687. The van der Waals surface area contributed by atoms with Crippen LogP contribution >= 0.6 is 24.0 Å². The summed E-state index contributed by atoms with van der Waals surface area (Å²) in [5.74, 6) is 1.13. The Hall–Kier alpha value is -0.330. The van der Waals surface area contributed by atoms with E-state index in [9.17, 15) is 0 Å². The molecule has 0 saturated heterocycles. The Morgan fingerprint density at radius 2 is 2.38 bits per heavy atom. The van der Waals surface area contributed by atoms with Crippen molar-refractivity contribution in [3.8, 4) is 0 Å². The van der Waals surface area contributed by atoms with Gasteiger partial charge >= 0.3 is 0 Å². The van der Waals surface area contributed by atoms with Gasteiger partial charge in [0.1, 0.15) is 0 Å². The summed E-state index contributed by atoms with van der Waals surface area (Å²) in [6.07, 6.45) is 2.26. The van der Waals surface area contributed by atoms with Crippen molar-refractivity contribution >= 4 is 34.3 Å². The molecule has 0 atom stereocenters. The summed E-state index contributed by atoms with van der Waals surface area (Å²) in [4.78, 5) is 6.52. The number of aliphatic imine (C=N–C) groups is 1. The Balaban J connectivity index is 2.08. The molecule has 0 aromatic carbocycles. The number of nitrogens with zero attached hydrogens (tertiary/aromatic N) is 2. The van der Waals surface area contributed by atoms with Gasteiger partial charge in [0.15, 0.2) is 10.3 Å². The van der Waals surface area contributed by atoms with E-state index in [0.717, 1.165) is 37.0 Å². The van der Waals surface area contributed by atoms with Crippen LogP contribution in [0.15, 0.2) is 4.99 Å². The molecule has 0 radical (unpaired) electrons. The fourth-order valence-corrected chi connectivity index (χ4v) is 2.36. The van der Waals surface area contributed by atoms with Gasteiger partial charge in [0.2, 0.25) is 0 Å². The molecule has 0 unspecified atom stereocenters. The molecule has 0 aromatic heterocycles. The first-order valence-corrected chi connectivity index (χ1v) is 6.94. The number of nitrogens with one attached hydrogen (secondary N) is 2. The number of rotatable bonds is 4. The lowest BCUT2D eigenvalue weighted by Crippen LogP contribution is -2.39. The van der Waals surface area contributed by atoms with Crippen LogP contribution in [0.25, 0.3) is 0 Å². The van der Waals surface area contributed by atoms with Crippen LogP contribution in [-0.4, -0.2) is 54.7 Å². The van der Waals surface area contributed by atoms with E-state index in [-0.39, 0.29) is 0 Å². The normalized spacial score (nSPS) is 15.8. The third kappa shape index (κ3) is 6.30. The fraction of sp³-hybridized carbons (Fsp3) is 0.800. The first kappa shape index (κ1) is 13.7. The minimum Gasteiger partial charge on any atom is -0.362 e. The van der Waals surface area contributed by atoms with Crippen molar-refractivity contribution in [2.24, 2.45) is 4.99 Å². The summed E-state index contributed by atoms with van der Waals surface area (Å²) in [7, 11) is 4.15. The molecule has 0 aliphatic carbocycles. The SMILES string of the molecule is CN(C)CCCNC(=S)NC1=NCCCS1.